The van der Waals surface area contributed by atoms with E-state index in [0.717, 1.165) is 12.0 Å². The van der Waals surface area contributed by atoms with Gasteiger partial charge in [-0.2, -0.15) is 4.31 Å². The lowest BCUT2D eigenvalue weighted by Gasteiger charge is -2.31. The van der Waals surface area contributed by atoms with E-state index in [1.54, 1.807) is 0 Å². The van der Waals surface area contributed by atoms with Crippen molar-refractivity contribution in [3.05, 3.63) is 54.1 Å². The summed E-state index contributed by atoms with van der Waals surface area (Å²) in [7, 11) is -4.02. The molecule has 0 fully saturated rings. The third-order valence-electron chi connectivity index (χ3n) is 8.36. The molecule has 6 N–H and O–H groups in total. The van der Waals surface area contributed by atoms with Crippen LogP contribution in [0.4, 0.5) is 5.69 Å². The summed E-state index contributed by atoms with van der Waals surface area (Å²) in [5, 5.41) is 20.2. The number of anilines is 1. The summed E-state index contributed by atoms with van der Waals surface area (Å²) in [6.45, 7) is 7.60. The van der Waals surface area contributed by atoms with E-state index in [4.69, 9.17) is 10.5 Å². The number of carbonyl (C=O) groups is 3. The zero-order valence-corrected chi connectivity index (χ0v) is 29.4. The molecule has 0 aliphatic carbocycles. The molecule has 0 radical (unpaired) electrons. The third-order valence-corrected chi connectivity index (χ3v) is 10.2. The lowest BCUT2D eigenvalue weighted by atomic mass is 9.99. The Kier molecular flexibility index (Phi) is 15.1. The molecule has 0 spiro atoms. The van der Waals surface area contributed by atoms with Gasteiger partial charge in [0.1, 0.15) is 17.8 Å². The Bertz CT molecular complexity index is 1430. The first-order valence-electron chi connectivity index (χ1n) is 16.9. The number of nitrogens with two attached hydrogens (primary N) is 1. The van der Waals surface area contributed by atoms with E-state index in [2.05, 4.69) is 16.0 Å². The number of nitrogens with one attached hydrogen (secondary N) is 3. The highest BCUT2D eigenvalue weighted by Crippen LogP contribution is 2.21. The highest BCUT2D eigenvalue weighted by molar-refractivity contribution is 7.89. The zero-order chi connectivity index (χ0) is 35.3. The van der Waals surface area contributed by atoms with E-state index in [-0.39, 0.29) is 36.2 Å². The fourth-order valence-electron chi connectivity index (χ4n) is 5.48. The number of benzene rings is 2. The largest absolute Gasteiger partial charge is 0.494 e. The van der Waals surface area contributed by atoms with Crippen molar-refractivity contribution in [3.8, 4) is 5.75 Å². The standard InChI is InChI=1S/C35H53N5O7S/c1-5-6-9-31-35(44)39-32(33(42)23-40(20-19-24(2)3)48(45,46)29-17-13-27(36)14-18-29)22-26-11-15-28(16-12-26)47-21-8-7-10-30(34(43)38-31)37-25(4)41/h11-18,24,30-33,42H,5-10,19-23,36H2,1-4H3,(H,37,41)(H,38,43)(H,39,44)/t30-,31-,32-,33+/m0/s1. The molecule has 2 aromatic carbocycles. The second-order valence-electron chi connectivity index (χ2n) is 12.9. The molecule has 2 bridgehead atoms. The maximum absolute atomic E-state index is 13.9. The zero-order valence-electron chi connectivity index (χ0n) is 28.6. The fraction of sp³-hybridized carbons (Fsp3) is 0.571. The van der Waals surface area contributed by atoms with E-state index in [9.17, 15) is 27.9 Å². The number of hydrogen-bond acceptors (Lipinski definition) is 8. The number of carbonyl (C=O) groups excluding carboxylic acids is 3. The van der Waals surface area contributed by atoms with Crippen LogP contribution in [0.3, 0.4) is 0 Å². The molecule has 0 saturated carbocycles. The lowest BCUT2D eigenvalue weighted by molar-refractivity contribution is -0.132. The molecule has 12 nitrogen and oxygen atoms in total. The molecule has 48 heavy (non-hydrogen) atoms. The summed E-state index contributed by atoms with van der Waals surface area (Å²) in [5.41, 5.74) is 7.03. The summed E-state index contributed by atoms with van der Waals surface area (Å²) < 4.78 is 34.8. The van der Waals surface area contributed by atoms with Gasteiger partial charge in [-0.15, -0.1) is 0 Å². The molecule has 4 atom stereocenters. The van der Waals surface area contributed by atoms with Gasteiger partial charge in [-0.05, 0) is 86.4 Å². The molecule has 0 aromatic heterocycles. The highest BCUT2D eigenvalue weighted by atomic mass is 32.2. The van der Waals surface area contributed by atoms with Crippen molar-refractivity contribution in [1.29, 1.82) is 0 Å². The summed E-state index contributed by atoms with van der Waals surface area (Å²) in [5.74, 6) is -0.477. The monoisotopic (exact) mass is 687 g/mol. The summed E-state index contributed by atoms with van der Waals surface area (Å²) in [6.07, 6.45) is 2.85. The second kappa shape index (κ2) is 18.8. The van der Waals surface area contributed by atoms with Crippen LogP contribution in [0.5, 0.6) is 5.75 Å². The number of hydrogen-bond donors (Lipinski definition) is 5. The second-order valence-corrected chi connectivity index (χ2v) is 14.9. The number of sulfonamides is 1. The first kappa shape index (κ1) is 38.8. The van der Waals surface area contributed by atoms with Crippen molar-refractivity contribution in [3.63, 3.8) is 0 Å². The minimum absolute atomic E-state index is 0.0530. The Balaban J connectivity index is 1.97. The van der Waals surface area contributed by atoms with Crippen LogP contribution in [0.25, 0.3) is 0 Å². The summed E-state index contributed by atoms with van der Waals surface area (Å²) in [6, 6.07) is 10.6. The van der Waals surface area contributed by atoms with E-state index in [1.165, 1.54) is 35.5 Å². The predicted octanol–water partition coefficient (Wildman–Crippen LogP) is 3.14. The molecular formula is C35H53N5O7S. The van der Waals surface area contributed by atoms with Crippen LogP contribution in [0, 0.1) is 5.92 Å². The van der Waals surface area contributed by atoms with Crippen molar-refractivity contribution in [2.75, 3.05) is 25.4 Å². The Morgan fingerprint density at radius 1 is 1.06 bits per heavy atom. The minimum atomic E-state index is -4.02. The predicted molar refractivity (Wildman–Crippen MR) is 186 cm³/mol. The van der Waals surface area contributed by atoms with Crippen molar-refractivity contribution in [2.45, 2.75) is 108 Å². The molecule has 2 aliphatic heterocycles. The number of nitrogen functional groups attached to an aromatic ring is 1. The van der Waals surface area contributed by atoms with E-state index in [1.807, 2.05) is 45.0 Å². The van der Waals surface area contributed by atoms with Gasteiger partial charge in [-0.1, -0.05) is 45.7 Å². The fourth-order valence-corrected chi connectivity index (χ4v) is 6.96. The molecule has 2 heterocycles. The van der Waals surface area contributed by atoms with E-state index >= 15 is 0 Å². The van der Waals surface area contributed by atoms with Crippen LogP contribution >= 0.6 is 0 Å². The summed E-state index contributed by atoms with van der Waals surface area (Å²) in [4.78, 5) is 39.2. The number of amides is 3. The molecular weight excluding hydrogens is 634 g/mol. The number of aliphatic hydroxyl groups excluding tert-OH is 1. The van der Waals surface area contributed by atoms with Crippen LogP contribution < -0.4 is 26.4 Å². The van der Waals surface area contributed by atoms with Crippen molar-refractivity contribution >= 4 is 33.4 Å². The van der Waals surface area contributed by atoms with Gasteiger partial charge in [0.05, 0.1) is 23.6 Å². The molecule has 3 amide bonds. The molecule has 2 aliphatic rings. The summed E-state index contributed by atoms with van der Waals surface area (Å²) >= 11 is 0. The van der Waals surface area contributed by atoms with E-state index < -0.39 is 46.1 Å². The van der Waals surface area contributed by atoms with Crippen LogP contribution in [0.15, 0.2) is 53.4 Å². The number of nitrogens with zero attached hydrogens (tertiary/aromatic N) is 1. The quantitative estimate of drug-likeness (QED) is 0.211. The maximum atomic E-state index is 13.9. The highest BCUT2D eigenvalue weighted by Gasteiger charge is 2.33. The van der Waals surface area contributed by atoms with Gasteiger partial charge in [-0.3, -0.25) is 14.4 Å². The van der Waals surface area contributed by atoms with Crippen LogP contribution in [-0.2, 0) is 30.8 Å². The molecule has 266 valence electrons. The van der Waals surface area contributed by atoms with Crippen LogP contribution in [0.2, 0.25) is 0 Å². The number of ether oxygens (including phenoxy) is 1. The first-order valence-corrected chi connectivity index (χ1v) is 18.4. The third kappa shape index (κ3) is 12.1. The van der Waals surface area contributed by atoms with Gasteiger partial charge < -0.3 is 31.5 Å². The topological polar surface area (TPSA) is 180 Å². The number of rotatable bonds is 12. The Labute approximate surface area is 285 Å². The molecule has 13 heteroatoms. The Morgan fingerprint density at radius 2 is 1.75 bits per heavy atom. The number of aliphatic hydroxyl groups is 1. The molecule has 0 unspecified atom stereocenters. The van der Waals surface area contributed by atoms with Crippen molar-refractivity contribution < 1.29 is 32.6 Å². The normalized spacial score (nSPS) is 20.4. The van der Waals surface area contributed by atoms with Gasteiger partial charge in [-0.25, -0.2) is 8.42 Å². The van der Waals surface area contributed by atoms with Crippen LogP contribution in [-0.4, -0.2) is 79.5 Å². The average molecular weight is 688 g/mol. The number of fused-ring (bicyclic) bond motifs is 14. The minimum Gasteiger partial charge on any atom is -0.494 e. The van der Waals surface area contributed by atoms with Gasteiger partial charge >= 0.3 is 0 Å². The Morgan fingerprint density at radius 3 is 2.38 bits per heavy atom. The first-order chi connectivity index (χ1) is 22.8. The lowest BCUT2D eigenvalue weighted by Crippen LogP contribution is -2.57. The number of unbranched alkanes of at least 4 members (excludes halogenated alkanes) is 1. The Hall–Kier alpha value is -3.68. The molecule has 0 saturated heterocycles. The van der Waals surface area contributed by atoms with Crippen LogP contribution in [0.1, 0.15) is 78.2 Å². The molecule has 4 rings (SSSR count). The smallest absolute Gasteiger partial charge is 0.243 e. The van der Waals surface area contributed by atoms with Crippen molar-refractivity contribution in [2.24, 2.45) is 5.92 Å². The molecule has 2 aromatic rings. The maximum Gasteiger partial charge on any atom is 0.243 e. The average Bonchev–Trinajstić information content (AvgIpc) is 3.04. The van der Waals surface area contributed by atoms with Crippen molar-refractivity contribution in [1.82, 2.24) is 20.3 Å². The van der Waals surface area contributed by atoms with Gasteiger partial charge in [0.25, 0.3) is 0 Å². The van der Waals surface area contributed by atoms with E-state index in [0.29, 0.717) is 56.6 Å². The van der Waals surface area contributed by atoms with Gasteiger partial charge in [0, 0.05) is 25.7 Å². The van der Waals surface area contributed by atoms with Gasteiger partial charge in [0.2, 0.25) is 27.7 Å². The SMILES string of the molecule is CCCC[C@@H]1NC(=O)[C@@H](NC(C)=O)CCCCOc2ccc(cc2)C[C@@H]([C@H](O)CN(CCC(C)C)S(=O)(=O)c2ccc(N)cc2)NC1=O. The van der Waals surface area contributed by atoms with Gasteiger partial charge in [0.15, 0.2) is 0 Å².